The summed E-state index contributed by atoms with van der Waals surface area (Å²) in [6.45, 7) is 2.30. The first-order valence-corrected chi connectivity index (χ1v) is 14.2. The smallest absolute Gasteiger partial charge is 0.317 e. The fourth-order valence-corrected chi connectivity index (χ4v) is 8.10. The van der Waals surface area contributed by atoms with Crippen molar-refractivity contribution in [1.82, 2.24) is 21.0 Å². The normalized spacial score (nSPS) is 19.3. The number of carbonyl (C=O) groups is 3. The lowest BCUT2D eigenvalue weighted by atomic mass is 9.97. The summed E-state index contributed by atoms with van der Waals surface area (Å²) in [5.41, 5.74) is 2.88. The molecule has 37 heavy (non-hydrogen) atoms. The molecule has 4 amide bonds. The third-order valence-corrected chi connectivity index (χ3v) is 10.5. The summed E-state index contributed by atoms with van der Waals surface area (Å²) in [5.74, 6) is -1.32. The van der Waals surface area contributed by atoms with Crippen molar-refractivity contribution >= 4 is 50.0 Å². The second kappa shape index (κ2) is 10.5. The molecule has 1 fully saturated rings. The van der Waals surface area contributed by atoms with Crippen LogP contribution in [0.4, 0.5) is 4.79 Å². The van der Waals surface area contributed by atoms with E-state index in [1.165, 1.54) is 23.3 Å². The molecule has 0 aliphatic carbocycles. The lowest BCUT2D eigenvalue weighted by molar-refractivity contribution is -0.129. The summed E-state index contributed by atoms with van der Waals surface area (Å²) in [7, 11) is -2.40. The molecule has 13 heteroatoms. The fourth-order valence-electron chi connectivity index (χ4n) is 4.51. The van der Waals surface area contributed by atoms with Crippen LogP contribution in [0.2, 0.25) is 0 Å². The molecule has 3 heterocycles. The van der Waals surface area contributed by atoms with Gasteiger partial charge in [-0.3, -0.25) is 14.8 Å². The van der Waals surface area contributed by atoms with E-state index < -0.39 is 26.9 Å². The second-order valence-electron chi connectivity index (χ2n) is 8.70. The highest BCUT2D eigenvalue weighted by Gasteiger charge is 2.49. The molecular weight excluding hydrogens is 520 g/mol. The number of sulfone groups is 1. The maximum absolute atomic E-state index is 13.7. The van der Waals surface area contributed by atoms with Crippen LogP contribution in [-0.4, -0.2) is 68.8 Å². The Morgan fingerprint density at radius 3 is 2.65 bits per heavy atom. The average Bonchev–Trinajstić information content (AvgIpc) is 3.51. The van der Waals surface area contributed by atoms with E-state index >= 15 is 0 Å². The molecule has 1 saturated heterocycles. The zero-order valence-electron chi connectivity index (χ0n) is 20.4. The van der Waals surface area contributed by atoms with E-state index in [9.17, 15) is 28.0 Å². The number of nitrogens with zero attached hydrogens (tertiary/aromatic N) is 1. The van der Waals surface area contributed by atoms with Gasteiger partial charge in [-0.05, 0) is 55.3 Å². The minimum Gasteiger partial charge on any atom is -0.451 e. The molecule has 4 N–H and O–H groups in total. The van der Waals surface area contributed by atoms with Crippen molar-refractivity contribution in [2.45, 2.75) is 24.5 Å². The molecule has 1 aliphatic rings. The van der Waals surface area contributed by atoms with Gasteiger partial charge in [0, 0.05) is 41.8 Å². The van der Waals surface area contributed by atoms with Gasteiger partial charge in [-0.15, -0.1) is 11.3 Å². The third kappa shape index (κ3) is 5.06. The molecule has 1 aromatic carbocycles. The number of benzene rings is 1. The molecule has 4 rings (SSSR count). The quantitative estimate of drug-likeness (QED) is 0.272. The highest BCUT2D eigenvalue weighted by atomic mass is 32.2. The van der Waals surface area contributed by atoms with E-state index in [1.54, 1.807) is 42.7 Å². The van der Waals surface area contributed by atoms with Crippen molar-refractivity contribution in [3.05, 3.63) is 47.0 Å². The summed E-state index contributed by atoms with van der Waals surface area (Å²) < 4.78 is 31.3. The van der Waals surface area contributed by atoms with Crippen molar-refractivity contribution in [2.75, 3.05) is 32.4 Å². The third-order valence-electron chi connectivity index (χ3n) is 6.50. The average molecular weight is 549 g/mol. The minimum atomic E-state index is -3.92. The number of hydrogen-bond donors (Lipinski definition) is 4. The van der Waals surface area contributed by atoms with Crippen molar-refractivity contribution in [1.29, 1.82) is 0 Å². The Hall–Kier alpha value is -3.42. The number of furan rings is 1. The van der Waals surface area contributed by atoms with Gasteiger partial charge >= 0.3 is 6.03 Å². The van der Waals surface area contributed by atoms with Crippen molar-refractivity contribution in [3.8, 4) is 10.4 Å². The van der Waals surface area contributed by atoms with Gasteiger partial charge in [-0.2, -0.15) is 0 Å². The molecule has 11 nitrogen and oxygen atoms in total. The number of thiophene rings is 1. The first kappa shape index (κ1) is 26.6. The fraction of sp³-hybridized carbons (Fsp3) is 0.375. The van der Waals surface area contributed by atoms with Crippen LogP contribution >= 0.6 is 11.3 Å². The van der Waals surface area contributed by atoms with Crippen LogP contribution in [-0.2, 0) is 19.4 Å². The Bertz CT molecular complexity index is 1450. The first-order valence-electron chi connectivity index (χ1n) is 11.7. The molecule has 1 atom stereocenters. The molecule has 1 aliphatic heterocycles. The lowest BCUT2D eigenvalue weighted by Gasteiger charge is -2.30. The van der Waals surface area contributed by atoms with E-state index in [-0.39, 0.29) is 43.0 Å². The largest absolute Gasteiger partial charge is 0.451 e. The number of hydroxylamine groups is 1. The number of urea groups is 1. The van der Waals surface area contributed by atoms with Gasteiger partial charge < -0.3 is 20.0 Å². The van der Waals surface area contributed by atoms with Crippen LogP contribution in [0, 0.1) is 0 Å². The summed E-state index contributed by atoms with van der Waals surface area (Å²) in [6, 6.07) is 10.1. The topological polar surface area (TPSA) is 158 Å². The van der Waals surface area contributed by atoms with Gasteiger partial charge in [0.1, 0.15) is 10.3 Å². The van der Waals surface area contributed by atoms with Crippen molar-refractivity contribution < 1.29 is 32.4 Å². The number of carbonyl (C=O) groups excluding carboxylic acids is 3. The number of amides is 4. The minimum absolute atomic E-state index is 0.000277. The Morgan fingerprint density at radius 1 is 1.16 bits per heavy atom. The molecular formula is C24H28N4O7S2. The molecule has 0 bridgehead atoms. The Kier molecular flexibility index (Phi) is 7.57. The molecule has 3 aromatic rings. The Labute approximate surface area is 217 Å². The molecule has 0 saturated carbocycles. The predicted octanol–water partition coefficient (Wildman–Crippen LogP) is 2.46. The van der Waals surface area contributed by atoms with Crippen LogP contribution in [0.5, 0.6) is 0 Å². The maximum Gasteiger partial charge on any atom is 0.317 e. The lowest BCUT2D eigenvalue weighted by Crippen LogP contribution is -2.42. The van der Waals surface area contributed by atoms with Crippen LogP contribution in [0.3, 0.4) is 0 Å². The van der Waals surface area contributed by atoms with Gasteiger partial charge in [0.25, 0.3) is 5.91 Å². The molecule has 1 unspecified atom stereocenters. The summed E-state index contributed by atoms with van der Waals surface area (Å²) in [4.78, 5) is 39.3. The van der Waals surface area contributed by atoms with E-state index in [4.69, 9.17) is 4.42 Å². The number of hydrogen-bond acceptors (Lipinski definition) is 8. The molecule has 198 valence electrons. The van der Waals surface area contributed by atoms with Crippen molar-refractivity contribution in [2.24, 2.45) is 0 Å². The van der Waals surface area contributed by atoms with E-state index in [1.807, 2.05) is 6.07 Å². The van der Waals surface area contributed by atoms with Crippen LogP contribution in [0.15, 0.2) is 40.8 Å². The second-order valence-corrected chi connectivity index (χ2v) is 12.2. The highest BCUT2D eigenvalue weighted by molar-refractivity contribution is 7.92. The van der Waals surface area contributed by atoms with Crippen LogP contribution in [0.25, 0.3) is 21.4 Å². The van der Waals surface area contributed by atoms with E-state index in [0.717, 1.165) is 10.4 Å². The Balaban J connectivity index is 1.74. The summed E-state index contributed by atoms with van der Waals surface area (Å²) in [5, 5.41) is 15.1. The van der Waals surface area contributed by atoms with Gasteiger partial charge in [-0.1, -0.05) is 0 Å². The Morgan fingerprint density at radius 2 is 1.95 bits per heavy atom. The van der Waals surface area contributed by atoms with Gasteiger partial charge in [-0.25, -0.2) is 18.7 Å². The predicted molar refractivity (Wildman–Crippen MR) is 138 cm³/mol. The van der Waals surface area contributed by atoms with Crippen LogP contribution in [0.1, 0.15) is 35.2 Å². The van der Waals surface area contributed by atoms with Gasteiger partial charge in [0.15, 0.2) is 15.6 Å². The molecule has 0 radical (unpaired) electrons. The van der Waals surface area contributed by atoms with E-state index in [0.29, 0.717) is 22.4 Å². The standard InChI is InChI=1S/C24H28N4O7S2/c1-3-26-23(31)28-9-8-24(14-21(29)27-32,37(33,34)11-10-28)20-7-6-19(36-20)15-4-5-17-16(12-15)13-18(35-17)22(30)25-2/h4-7,12-13,32H,3,8-11,14H2,1-2H3,(H,25,30)(H,26,31)(H,27,29). The zero-order valence-corrected chi connectivity index (χ0v) is 22.0. The first-order chi connectivity index (χ1) is 17.6. The summed E-state index contributed by atoms with van der Waals surface area (Å²) in [6.07, 6.45) is -0.485. The van der Waals surface area contributed by atoms with E-state index in [2.05, 4.69) is 10.6 Å². The van der Waals surface area contributed by atoms with Gasteiger partial charge in [0.2, 0.25) is 5.91 Å². The molecule has 2 aromatic heterocycles. The number of rotatable bonds is 6. The van der Waals surface area contributed by atoms with Gasteiger partial charge in [0.05, 0.1) is 12.2 Å². The summed E-state index contributed by atoms with van der Waals surface area (Å²) >= 11 is 1.23. The van der Waals surface area contributed by atoms with Crippen molar-refractivity contribution in [3.63, 3.8) is 0 Å². The number of fused-ring (bicyclic) bond motifs is 1. The zero-order chi connectivity index (χ0) is 26.8. The monoisotopic (exact) mass is 548 g/mol. The SMILES string of the molecule is CCNC(=O)N1CCC(CC(=O)NO)(c2ccc(-c3ccc4oc(C(=O)NC)cc4c3)s2)S(=O)(=O)CC1. The highest BCUT2D eigenvalue weighted by Crippen LogP contribution is 2.45. The number of nitrogens with one attached hydrogen (secondary N) is 3. The molecule has 0 spiro atoms. The maximum atomic E-state index is 13.7. The van der Waals surface area contributed by atoms with Crippen LogP contribution < -0.4 is 16.1 Å².